The van der Waals surface area contributed by atoms with E-state index in [1.807, 2.05) is 23.2 Å². The summed E-state index contributed by atoms with van der Waals surface area (Å²) in [4.78, 5) is 52.1. The molecule has 0 saturated carbocycles. The Balaban J connectivity index is 1.71. The van der Waals surface area contributed by atoms with Gasteiger partial charge in [-0.3, -0.25) is 23.9 Å². The number of H-pyrrole nitrogens is 2. The molecule has 1 atom stereocenters. The van der Waals surface area contributed by atoms with Gasteiger partial charge in [0, 0.05) is 34.9 Å². The summed E-state index contributed by atoms with van der Waals surface area (Å²) < 4.78 is 6.11. The normalized spacial score (nSPS) is 12.0. The summed E-state index contributed by atoms with van der Waals surface area (Å²) in [6, 6.07) is 8.42. The van der Waals surface area contributed by atoms with E-state index in [-0.39, 0.29) is 5.78 Å². The van der Waals surface area contributed by atoms with Crippen LogP contribution in [0.25, 0.3) is 10.9 Å². The Kier molecular flexibility index (Phi) is 4.34. The predicted octanol–water partition coefficient (Wildman–Crippen LogP) is 0.832. The molecule has 0 aliphatic rings. The number of carbonyl (C=O) groups is 2. The molecule has 0 fully saturated rings. The van der Waals surface area contributed by atoms with E-state index in [4.69, 9.17) is 4.74 Å². The Morgan fingerprint density at radius 3 is 2.72 bits per heavy atom. The van der Waals surface area contributed by atoms with E-state index in [1.165, 1.54) is 13.1 Å². The van der Waals surface area contributed by atoms with Crippen molar-refractivity contribution in [1.82, 2.24) is 14.5 Å². The number of rotatable bonds is 5. The van der Waals surface area contributed by atoms with Gasteiger partial charge in [-0.2, -0.15) is 0 Å². The highest BCUT2D eigenvalue weighted by Crippen LogP contribution is 2.19. The maximum atomic E-state index is 12.5. The molecule has 2 N–H and O–H groups in total. The van der Waals surface area contributed by atoms with Crippen LogP contribution in [0.5, 0.6) is 0 Å². The van der Waals surface area contributed by atoms with Crippen molar-refractivity contribution in [2.24, 2.45) is 0 Å². The Bertz CT molecular complexity index is 1060. The Hall–Kier alpha value is -3.42. The lowest BCUT2D eigenvalue weighted by Gasteiger charge is -2.12. The van der Waals surface area contributed by atoms with Crippen molar-refractivity contribution in [1.29, 1.82) is 0 Å². The molecule has 0 amide bonds. The van der Waals surface area contributed by atoms with Crippen molar-refractivity contribution >= 4 is 22.7 Å². The second kappa shape index (κ2) is 6.60. The van der Waals surface area contributed by atoms with Gasteiger partial charge in [0.15, 0.2) is 6.10 Å². The van der Waals surface area contributed by atoms with Gasteiger partial charge in [-0.05, 0) is 13.0 Å². The number of Topliss-reactive ketones (excluding diaryl/α,β-unsaturated/α-hetero) is 1. The number of carbonyl (C=O) groups excluding carboxylic acids is 2. The molecule has 0 spiro atoms. The number of aromatic amines is 2. The molecule has 128 valence electrons. The van der Waals surface area contributed by atoms with Crippen LogP contribution in [-0.2, 0) is 16.1 Å². The van der Waals surface area contributed by atoms with Crippen molar-refractivity contribution in [2.75, 3.05) is 0 Å². The fourth-order valence-electron chi connectivity index (χ4n) is 2.49. The second-order valence-corrected chi connectivity index (χ2v) is 5.48. The van der Waals surface area contributed by atoms with E-state index in [0.29, 0.717) is 5.56 Å². The van der Waals surface area contributed by atoms with Crippen LogP contribution >= 0.6 is 0 Å². The van der Waals surface area contributed by atoms with E-state index in [0.717, 1.165) is 21.5 Å². The van der Waals surface area contributed by atoms with Crippen molar-refractivity contribution < 1.29 is 14.3 Å². The number of ether oxygens (including phenoxy) is 1. The van der Waals surface area contributed by atoms with Crippen LogP contribution in [0, 0.1) is 0 Å². The maximum Gasteiger partial charge on any atom is 0.328 e. The van der Waals surface area contributed by atoms with Crippen molar-refractivity contribution in [3.8, 4) is 0 Å². The summed E-state index contributed by atoms with van der Waals surface area (Å²) >= 11 is 0. The van der Waals surface area contributed by atoms with Crippen LogP contribution in [0.15, 0.2) is 52.3 Å². The van der Waals surface area contributed by atoms with Gasteiger partial charge < -0.3 is 9.72 Å². The number of nitrogens with one attached hydrogen (secondary N) is 2. The quantitative estimate of drug-likeness (QED) is 0.527. The molecule has 2 aromatic heterocycles. The van der Waals surface area contributed by atoms with Crippen molar-refractivity contribution in [2.45, 2.75) is 19.6 Å². The molecular weight excluding hydrogens is 326 g/mol. The molecule has 2 heterocycles. The van der Waals surface area contributed by atoms with Gasteiger partial charge >= 0.3 is 11.7 Å². The summed E-state index contributed by atoms with van der Waals surface area (Å²) in [5.41, 5.74) is -0.0427. The van der Waals surface area contributed by atoms with Crippen LogP contribution in [0.3, 0.4) is 0 Å². The monoisotopic (exact) mass is 341 g/mol. The van der Waals surface area contributed by atoms with E-state index < -0.39 is 29.9 Å². The molecular formula is C17H15N3O5. The minimum Gasteiger partial charge on any atom is -0.453 e. The highest BCUT2D eigenvalue weighted by Gasteiger charge is 2.22. The molecule has 25 heavy (non-hydrogen) atoms. The maximum absolute atomic E-state index is 12.5. The number of hydrogen-bond acceptors (Lipinski definition) is 5. The van der Waals surface area contributed by atoms with Gasteiger partial charge in [-0.1, -0.05) is 18.2 Å². The zero-order valence-electron chi connectivity index (χ0n) is 13.3. The van der Waals surface area contributed by atoms with Crippen LogP contribution in [0.2, 0.25) is 0 Å². The number of nitrogens with zero attached hydrogens (tertiary/aromatic N) is 1. The topological polar surface area (TPSA) is 114 Å². The summed E-state index contributed by atoms with van der Waals surface area (Å²) in [6.45, 7) is 1.07. The molecule has 0 radical (unpaired) electrons. The van der Waals surface area contributed by atoms with Crippen LogP contribution in [0.1, 0.15) is 17.3 Å². The number of ketones is 1. The summed E-state index contributed by atoms with van der Waals surface area (Å²) in [5, 5.41) is 0.743. The highest BCUT2D eigenvalue weighted by molar-refractivity contribution is 6.10. The first kappa shape index (κ1) is 16.4. The number of hydrogen-bond donors (Lipinski definition) is 2. The second-order valence-electron chi connectivity index (χ2n) is 5.48. The Morgan fingerprint density at radius 2 is 1.96 bits per heavy atom. The standard InChI is InChI=1S/C17H15N3O5/c1-10(16(23)12-8-18-13-5-3-2-4-11(12)13)25-15(22)9-20-7-6-14(21)19-17(20)24/h2-8,10,18H,9H2,1H3,(H,19,21,24)/t10-/m1/s1. The molecule has 0 bridgehead atoms. The van der Waals surface area contributed by atoms with Gasteiger partial charge in [0.05, 0.1) is 0 Å². The summed E-state index contributed by atoms with van der Waals surface area (Å²) in [7, 11) is 0. The molecule has 0 aliphatic heterocycles. The van der Waals surface area contributed by atoms with Gasteiger partial charge in [-0.15, -0.1) is 0 Å². The zero-order valence-corrected chi connectivity index (χ0v) is 13.3. The lowest BCUT2D eigenvalue weighted by Crippen LogP contribution is -2.33. The molecule has 0 saturated heterocycles. The van der Waals surface area contributed by atoms with Gasteiger partial charge in [0.2, 0.25) is 5.78 Å². The fraction of sp³-hybridized carbons (Fsp3) is 0.176. The zero-order chi connectivity index (χ0) is 18.0. The third-order valence-corrected chi connectivity index (χ3v) is 3.73. The summed E-state index contributed by atoms with van der Waals surface area (Å²) in [5.74, 6) is -1.10. The largest absolute Gasteiger partial charge is 0.453 e. The molecule has 0 unspecified atom stereocenters. The number of esters is 1. The number of para-hydroxylation sites is 1. The lowest BCUT2D eigenvalue weighted by molar-refractivity contribution is -0.147. The van der Waals surface area contributed by atoms with Crippen molar-refractivity contribution in [3.05, 3.63) is 69.1 Å². The number of aromatic nitrogens is 3. The minimum atomic E-state index is -1.01. The Labute approximate surface area is 141 Å². The lowest BCUT2D eigenvalue weighted by atomic mass is 10.1. The van der Waals surface area contributed by atoms with Crippen molar-refractivity contribution in [3.63, 3.8) is 0 Å². The summed E-state index contributed by atoms with van der Waals surface area (Å²) in [6.07, 6.45) is 1.75. The number of fused-ring (bicyclic) bond motifs is 1. The van der Waals surface area contributed by atoms with Gasteiger partial charge in [-0.25, -0.2) is 4.79 Å². The minimum absolute atomic E-state index is 0.348. The fourth-order valence-corrected chi connectivity index (χ4v) is 2.49. The van der Waals surface area contributed by atoms with E-state index in [9.17, 15) is 19.2 Å². The molecule has 3 aromatic rings. The predicted molar refractivity (Wildman–Crippen MR) is 89.5 cm³/mol. The van der Waals surface area contributed by atoms with Crippen LogP contribution < -0.4 is 11.2 Å². The third-order valence-electron chi connectivity index (χ3n) is 3.73. The smallest absolute Gasteiger partial charge is 0.328 e. The Morgan fingerprint density at radius 1 is 1.20 bits per heavy atom. The first-order valence-electron chi connectivity index (χ1n) is 7.55. The molecule has 1 aromatic carbocycles. The average Bonchev–Trinajstić information content (AvgIpc) is 3.00. The van der Waals surface area contributed by atoms with Crippen LogP contribution in [0.4, 0.5) is 0 Å². The van der Waals surface area contributed by atoms with E-state index in [1.54, 1.807) is 12.3 Å². The van der Waals surface area contributed by atoms with E-state index >= 15 is 0 Å². The van der Waals surface area contributed by atoms with Gasteiger partial charge in [0.25, 0.3) is 5.56 Å². The molecule has 8 heteroatoms. The van der Waals surface area contributed by atoms with Crippen LogP contribution in [-0.4, -0.2) is 32.4 Å². The molecule has 3 rings (SSSR count). The third kappa shape index (κ3) is 3.42. The first-order valence-corrected chi connectivity index (χ1v) is 7.55. The first-order chi connectivity index (χ1) is 12.0. The highest BCUT2D eigenvalue weighted by atomic mass is 16.5. The number of benzene rings is 1. The van der Waals surface area contributed by atoms with Gasteiger partial charge in [0.1, 0.15) is 6.54 Å². The average molecular weight is 341 g/mol. The van der Waals surface area contributed by atoms with E-state index in [2.05, 4.69) is 4.98 Å². The SMILES string of the molecule is C[C@@H](OC(=O)Cn1ccc(=O)[nH]c1=O)C(=O)c1c[nH]c2ccccc12. The molecule has 0 aliphatic carbocycles. The molecule has 8 nitrogen and oxygen atoms in total.